The van der Waals surface area contributed by atoms with Gasteiger partial charge in [0.05, 0.1) is 16.0 Å². The van der Waals surface area contributed by atoms with Gasteiger partial charge in [-0.1, -0.05) is 6.07 Å². The topological polar surface area (TPSA) is 50.3 Å². The second-order valence-electron chi connectivity index (χ2n) is 6.74. The van der Waals surface area contributed by atoms with Crippen LogP contribution in [0, 0.1) is 5.82 Å². The first kappa shape index (κ1) is 16.3. The van der Waals surface area contributed by atoms with E-state index in [1.165, 1.54) is 12.1 Å². The number of nitrogens with zero attached hydrogens (tertiary/aromatic N) is 2. The van der Waals surface area contributed by atoms with Gasteiger partial charge in [0.1, 0.15) is 5.82 Å². The molecule has 0 amide bonds. The summed E-state index contributed by atoms with van der Waals surface area (Å²) in [6.07, 6.45) is 2.27. The van der Waals surface area contributed by atoms with Crippen LogP contribution in [0.15, 0.2) is 30.5 Å². The van der Waals surface area contributed by atoms with Crippen molar-refractivity contribution >= 4 is 20.7 Å². The quantitative estimate of drug-likeness (QED) is 0.846. The summed E-state index contributed by atoms with van der Waals surface area (Å²) in [7, 11) is -3.10. The van der Waals surface area contributed by atoms with Crippen LogP contribution in [0.4, 0.5) is 4.39 Å². The molecule has 1 aliphatic rings. The van der Waals surface area contributed by atoms with E-state index in [-0.39, 0.29) is 11.6 Å². The Balaban J connectivity index is 1.88. The SMILES string of the molecule is CC1(C)CCN(Cc2cc(F)cc3cccnc23)CCS1(=O)=O. The van der Waals surface area contributed by atoms with Gasteiger partial charge < -0.3 is 0 Å². The van der Waals surface area contributed by atoms with Crippen molar-refractivity contribution in [2.24, 2.45) is 0 Å². The van der Waals surface area contributed by atoms with E-state index in [2.05, 4.69) is 9.88 Å². The van der Waals surface area contributed by atoms with Crippen LogP contribution in [0.5, 0.6) is 0 Å². The first-order chi connectivity index (χ1) is 10.8. The second-order valence-corrected chi connectivity index (χ2v) is 9.49. The van der Waals surface area contributed by atoms with Crippen LogP contribution in [0.3, 0.4) is 0 Å². The maximum atomic E-state index is 13.8. The van der Waals surface area contributed by atoms with Crippen molar-refractivity contribution in [1.82, 2.24) is 9.88 Å². The third-order valence-corrected chi connectivity index (χ3v) is 7.30. The summed E-state index contributed by atoms with van der Waals surface area (Å²) in [6, 6.07) is 6.60. The average molecular weight is 336 g/mol. The normalized spacial score (nSPS) is 21.2. The summed E-state index contributed by atoms with van der Waals surface area (Å²) in [5.74, 6) is -0.149. The highest BCUT2D eigenvalue weighted by Gasteiger charge is 2.36. The highest BCUT2D eigenvalue weighted by Crippen LogP contribution is 2.27. The van der Waals surface area contributed by atoms with E-state index < -0.39 is 14.6 Å². The Kier molecular flexibility index (Phi) is 4.14. The van der Waals surface area contributed by atoms with Crippen LogP contribution in [-0.4, -0.2) is 41.9 Å². The molecule has 1 fully saturated rings. The molecule has 3 rings (SSSR count). The van der Waals surface area contributed by atoms with Crippen molar-refractivity contribution < 1.29 is 12.8 Å². The zero-order chi connectivity index (χ0) is 16.7. The predicted octanol–water partition coefficient (Wildman–Crippen LogP) is 2.77. The molecule has 0 unspecified atom stereocenters. The van der Waals surface area contributed by atoms with Gasteiger partial charge in [0.25, 0.3) is 0 Å². The van der Waals surface area contributed by atoms with Gasteiger partial charge >= 0.3 is 0 Å². The Hall–Kier alpha value is -1.53. The standard InChI is InChI=1S/C17H21FN2O2S/c1-17(2)5-7-20(8-9-23(17,21)22)12-14-11-15(18)10-13-4-3-6-19-16(13)14/h3-4,6,10-11H,5,7-9,12H2,1-2H3. The zero-order valence-corrected chi connectivity index (χ0v) is 14.2. The van der Waals surface area contributed by atoms with Gasteiger partial charge in [-0.3, -0.25) is 9.88 Å². The lowest BCUT2D eigenvalue weighted by molar-refractivity contribution is 0.277. The van der Waals surface area contributed by atoms with E-state index in [9.17, 15) is 12.8 Å². The summed E-state index contributed by atoms with van der Waals surface area (Å²) in [6.45, 7) is 5.22. The molecule has 0 aliphatic carbocycles. The number of halogens is 1. The van der Waals surface area contributed by atoms with Gasteiger partial charge in [0, 0.05) is 31.2 Å². The summed E-state index contributed by atoms with van der Waals surface area (Å²) in [5.41, 5.74) is 1.58. The molecule has 124 valence electrons. The maximum absolute atomic E-state index is 13.8. The molecule has 0 radical (unpaired) electrons. The minimum Gasteiger partial charge on any atom is -0.298 e. The smallest absolute Gasteiger partial charge is 0.156 e. The molecule has 1 aromatic heterocycles. The number of hydrogen-bond donors (Lipinski definition) is 0. The van der Waals surface area contributed by atoms with Crippen LogP contribution >= 0.6 is 0 Å². The van der Waals surface area contributed by atoms with Gasteiger partial charge in [-0.2, -0.15) is 0 Å². The molecule has 2 heterocycles. The Morgan fingerprint density at radius 3 is 2.87 bits per heavy atom. The molecule has 0 spiro atoms. The fourth-order valence-electron chi connectivity index (χ4n) is 2.97. The van der Waals surface area contributed by atoms with Crippen LogP contribution in [-0.2, 0) is 16.4 Å². The molecule has 1 aromatic carbocycles. The fourth-order valence-corrected chi connectivity index (χ4v) is 4.42. The molecule has 0 N–H and O–H groups in total. The highest BCUT2D eigenvalue weighted by molar-refractivity contribution is 7.92. The van der Waals surface area contributed by atoms with Gasteiger partial charge in [0.2, 0.25) is 0 Å². The lowest BCUT2D eigenvalue weighted by atomic mass is 10.1. The number of rotatable bonds is 2. The van der Waals surface area contributed by atoms with Crippen molar-refractivity contribution in [1.29, 1.82) is 0 Å². The Labute approximate surface area is 136 Å². The number of aromatic nitrogens is 1. The predicted molar refractivity (Wildman–Crippen MR) is 89.5 cm³/mol. The number of fused-ring (bicyclic) bond motifs is 1. The molecule has 0 bridgehead atoms. The van der Waals surface area contributed by atoms with Crippen LogP contribution < -0.4 is 0 Å². The minimum atomic E-state index is -3.10. The lowest BCUT2D eigenvalue weighted by Gasteiger charge is -2.22. The average Bonchev–Trinajstić information content (AvgIpc) is 2.58. The Morgan fingerprint density at radius 2 is 2.09 bits per heavy atom. The molecule has 2 aromatic rings. The molecule has 23 heavy (non-hydrogen) atoms. The monoisotopic (exact) mass is 336 g/mol. The third kappa shape index (κ3) is 3.23. The molecule has 1 aliphatic heterocycles. The van der Waals surface area contributed by atoms with Gasteiger partial charge in [-0.25, -0.2) is 12.8 Å². The molecule has 0 atom stereocenters. The largest absolute Gasteiger partial charge is 0.298 e. The van der Waals surface area contributed by atoms with Gasteiger partial charge in [-0.15, -0.1) is 0 Å². The van der Waals surface area contributed by atoms with E-state index >= 15 is 0 Å². The lowest BCUT2D eigenvalue weighted by Crippen LogP contribution is -2.33. The number of hydrogen-bond acceptors (Lipinski definition) is 4. The number of benzene rings is 1. The van der Waals surface area contributed by atoms with E-state index in [1.54, 1.807) is 26.1 Å². The van der Waals surface area contributed by atoms with Crippen molar-refractivity contribution in [3.05, 3.63) is 41.8 Å². The Bertz CT molecular complexity index is 834. The summed E-state index contributed by atoms with van der Waals surface area (Å²) in [4.78, 5) is 6.44. The number of sulfone groups is 1. The summed E-state index contributed by atoms with van der Waals surface area (Å²) >= 11 is 0. The maximum Gasteiger partial charge on any atom is 0.156 e. The number of pyridine rings is 1. The first-order valence-corrected chi connectivity index (χ1v) is 9.42. The van der Waals surface area contributed by atoms with Crippen molar-refractivity contribution in [2.75, 3.05) is 18.8 Å². The molecule has 1 saturated heterocycles. The summed E-state index contributed by atoms with van der Waals surface area (Å²) in [5, 5.41) is 0.769. The minimum absolute atomic E-state index is 0.140. The molecule has 4 nitrogen and oxygen atoms in total. The zero-order valence-electron chi connectivity index (χ0n) is 13.4. The summed E-state index contributed by atoms with van der Waals surface area (Å²) < 4.78 is 37.7. The van der Waals surface area contributed by atoms with E-state index in [0.29, 0.717) is 26.1 Å². The van der Waals surface area contributed by atoms with Crippen molar-refractivity contribution in [3.63, 3.8) is 0 Å². The van der Waals surface area contributed by atoms with Crippen molar-refractivity contribution in [2.45, 2.75) is 31.6 Å². The van der Waals surface area contributed by atoms with Crippen LogP contribution in [0.2, 0.25) is 0 Å². The van der Waals surface area contributed by atoms with E-state index in [1.807, 2.05) is 6.07 Å². The van der Waals surface area contributed by atoms with E-state index in [4.69, 9.17) is 0 Å². The van der Waals surface area contributed by atoms with Gasteiger partial charge in [0.15, 0.2) is 9.84 Å². The molecule has 6 heteroatoms. The highest BCUT2D eigenvalue weighted by atomic mass is 32.2. The van der Waals surface area contributed by atoms with Crippen molar-refractivity contribution in [3.8, 4) is 0 Å². The molecule has 0 saturated carbocycles. The van der Waals surface area contributed by atoms with Gasteiger partial charge in [-0.05, 0) is 44.0 Å². The second kappa shape index (κ2) is 5.83. The Morgan fingerprint density at radius 1 is 1.30 bits per heavy atom. The molecular weight excluding hydrogens is 315 g/mol. The first-order valence-electron chi connectivity index (χ1n) is 7.76. The van der Waals surface area contributed by atoms with Crippen LogP contribution in [0.25, 0.3) is 10.9 Å². The van der Waals surface area contributed by atoms with Crippen LogP contribution in [0.1, 0.15) is 25.8 Å². The molecular formula is C17H21FN2O2S. The fraction of sp³-hybridized carbons (Fsp3) is 0.471. The van der Waals surface area contributed by atoms with E-state index in [0.717, 1.165) is 16.5 Å². The third-order valence-electron chi connectivity index (χ3n) is 4.69.